The third-order valence-corrected chi connectivity index (χ3v) is 3.10. The summed E-state index contributed by atoms with van der Waals surface area (Å²) in [5.74, 6) is 2.24. The van der Waals surface area contributed by atoms with Crippen molar-refractivity contribution in [3.8, 4) is 23.0 Å². The first-order valence-electron chi connectivity index (χ1n) is 6.08. The summed E-state index contributed by atoms with van der Waals surface area (Å²) in [4.78, 5) is 0. The largest absolute Gasteiger partial charge is 0.496 e. The molecule has 21 heavy (non-hydrogen) atoms. The van der Waals surface area contributed by atoms with E-state index in [1.807, 2.05) is 0 Å². The van der Waals surface area contributed by atoms with Gasteiger partial charge in [-0.05, 0) is 12.1 Å². The predicted octanol–water partition coefficient (Wildman–Crippen LogP) is 3.43. The maximum Gasteiger partial charge on any atom is 0.134 e. The zero-order chi connectivity index (χ0) is 15.4. The monoisotopic (exact) mass is 306 g/mol. The standard InChI is InChI=1S/C15H15ClN2O3/c1-19-10-5-11(20-2)7-12(6-10)21-9-3-4-13(15(17)18)14(16)8-9/h3-8H,1-2H3,(H3,17,18). The van der Waals surface area contributed by atoms with Gasteiger partial charge in [0, 0.05) is 29.8 Å². The van der Waals surface area contributed by atoms with Gasteiger partial charge >= 0.3 is 0 Å². The van der Waals surface area contributed by atoms with E-state index in [0.29, 0.717) is 33.6 Å². The van der Waals surface area contributed by atoms with Gasteiger partial charge in [0.15, 0.2) is 0 Å². The van der Waals surface area contributed by atoms with Crippen molar-refractivity contribution in [2.45, 2.75) is 0 Å². The van der Waals surface area contributed by atoms with E-state index < -0.39 is 0 Å². The summed E-state index contributed by atoms with van der Waals surface area (Å²) < 4.78 is 16.1. The van der Waals surface area contributed by atoms with Crippen molar-refractivity contribution < 1.29 is 14.2 Å². The number of hydrogen-bond acceptors (Lipinski definition) is 4. The van der Waals surface area contributed by atoms with Crippen molar-refractivity contribution in [1.29, 1.82) is 5.41 Å². The molecule has 0 saturated heterocycles. The van der Waals surface area contributed by atoms with Crippen LogP contribution < -0.4 is 19.9 Å². The molecule has 0 spiro atoms. The molecule has 0 aliphatic heterocycles. The second-order valence-corrected chi connectivity index (χ2v) is 4.61. The molecule has 3 N–H and O–H groups in total. The van der Waals surface area contributed by atoms with E-state index in [1.54, 1.807) is 50.6 Å². The number of nitrogen functional groups attached to an aromatic ring is 1. The van der Waals surface area contributed by atoms with Crippen LogP contribution in [0.25, 0.3) is 0 Å². The lowest BCUT2D eigenvalue weighted by Gasteiger charge is -2.11. The normalized spacial score (nSPS) is 10.0. The lowest BCUT2D eigenvalue weighted by Crippen LogP contribution is -2.11. The van der Waals surface area contributed by atoms with Crippen LogP contribution in [0.15, 0.2) is 36.4 Å². The van der Waals surface area contributed by atoms with E-state index >= 15 is 0 Å². The Morgan fingerprint density at radius 1 is 0.952 bits per heavy atom. The number of rotatable bonds is 5. The van der Waals surface area contributed by atoms with Crippen molar-refractivity contribution in [1.82, 2.24) is 0 Å². The summed E-state index contributed by atoms with van der Waals surface area (Å²) in [6.45, 7) is 0. The fraction of sp³-hybridized carbons (Fsp3) is 0.133. The molecule has 0 amide bonds. The molecular weight excluding hydrogens is 292 g/mol. The highest BCUT2D eigenvalue weighted by Crippen LogP contribution is 2.32. The van der Waals surface area contributed by atoms with Crippen LogP contribution in [0.2, 0.25) is 5.02 Å². The minimum absolute atomic E-state index is 0.0883. The van der Waals surface area contributed by atoms with Gasteiger partial charge in [-0.25, -0.2) is 0 Å². The molecule has 5 nitrogen and oxygen atoms in total. The zero-order valence-corrected chi connectivity index (χ0v) is 12.4. The summed E-state index contributed by atoms with van der Waals surface area (Å²) in [5, 5.41) is 7.75. The molecule has 0 aromatic heterocycles. The Kier molecular flexibility index (Phi) is 4.55. The number of methoxy groups -OCH3 is 2. The Hall–Kier alpha value is -2.40. The van der Waals surface area contributed by atoms with Crippen LogP contribution in [-0.2, 0) is 0 Å². The first-order valence-corrected chi connectivity index (χ1v) is 6.46. The molecule has 2 aromatic carbocycles. The summed E-state index contributed by atoms with van der Waals surface area (Å²) in [5.41, 5.74) is 5.88. The third-order valence-electron chi connectivity index (χ3n) is 2.79. The smallest absolute Gasteiger partial charge is 0.134 e. The van der Waals surface area contributed by atoms with Gasteiger partial charge in [-0.15, -0.1) is 0 Å². The van der Waals surface area contributed by atoms with Crippen LogP contribution in [0, 0.1) is 5.41 Å². The van der Waals surface area contributed by atoms with Crippen LogP contribution in [-0.4, -0.2) is 20.1 Å². The van der Waals surface area contributed by atoms with Crippen molar-refractivity contribution >= 4 is 17.4 Å². The average molecular weight is 307 g/mol. The Morgan fingerprint density at radius 3 is 2.00 bits per heavy atom. The Balaban J connectivity index is 2.29. The number of halogens is 1. The highest BCUT2D eigenvalue weighted by atomic mass is 35.5. The number of benzene rings is 2. The number of nitrogens with two attached hydrogens (primary N) is 1. The van der Waals surface area contributed by atoms with Crippen LogP contribution in [0.3, 0.4) is 0 Å². The molecule has 0 heterocycles. The SMILES string of the molecule is COc1cc(OC)cc(Oc2ccc(C(=N)N)c(Cl)c2)c1. The van der Waals surface area contributed by atoms with E-state index in [4.69, 9.17) is 37.0 Å². The van der Waals surface area contributed by atoms with Crippen molar-refractivity contribution in [2.24, 2.45) is 5.73 Å². The van der Waals surface area contributed by atoms with Crippen molar-refractivity contribution in [3.63, 3.8) is 0 Å². The molecule has 0 fully saturated rings. The molecular formula is C15H15ClN2O3. The Labute approximate surface area is 127 Å². The Morgan fingerprint density at radius 2 is 1.52 bits per heavy atom. The van der Waals surface area contributed by atoms with Gasteiger partial charge in [-0.3, -0.25) is 5.41 Å². The van der Waals surface area contributed by atoms with Crippen LogP contribution >= 0.6 is 11.6 Å². The van der Waals surface area contributed by atoms with Gasteiger partial charge < -0.3 is 19.9 Å². The molecule has 0 saturated carbocycles. The van der Waals surface area contributed by atoms with Gasteiger partial charge in [0.1, 0.15) is 28.8 Å². The maximum atomic E-state index is 7.39. The molecule has 0 radical (unpaired) electrons. The number of hydrogen-bond donors (Lipinski definition) is 2. The number of nitrogens with one attached hydrogen (secondary N) is 1. The zero-order valence-electron chi connectivity index (χ0n) is 11.6. The summed E-state index contributed by atoms with van der Waals surface area (Å²) in [6, 6.07) is 10.1. The van der Waals surface area contributed by atoms with Gasteiger partial charge in [0.25, 0.3) is 0 Å². The average Bonchev–Trinajstić information content (AvgIpc) is 2.46. The second-order valence-electron chi connectivity index (χ2n) is 4.21. The van der Waals surface area contributed by atoms with Crippen molar-refractivity contribution in [2.75, 3.05) is 14.2 Å². The van der Waals surface area contributed by atoms with Crippen LogP contribution in [0.4, 0.5) is 0 Å². The van der Waals surface area contributed by atoms with Gasteiger partial charge in [-0.1, -0.05) is 11.6 Å². The highest BCUT2D eigenvalue weighted by molar-refractivity contribution is 6.34. The summed E-state index contributed by atoms with van der Waals surface area (Å²) in [6.07, 6.45) is 0. The number of ether oxygens (including phenoxy) is 3. The molecule has 2 rings (SSSR count). The molecule has 0 aliphatic carbocycles. The second kappa shape index (κ2) is 6.37. The van der Waals surface area contributed by atoms with Gasteiger partial charge in [0.2, 0.25) is 0 Å². The first-order chi connectivity index (χ1) is 10.0. The van der Waals surface area contributed by atoms with Crippen molar-refractivity contribution in [3.05, 3.63) is 47.0 Å². The van der Waals surface area contributed by atoms with Crippen LogP contribution in [0.1, 0.15) is 5.56 Å². The first kappa shape index (κ1) is 15.0. The van der Waals surface area contributed by atoms with E-state index in [0.717, 1.165) is 0 Å². The molecule has 0 aliphatic rings. The minimum Gasteiger partial charge on any atom is -0.496 e. The third kappa shape index (κ3) is 3.58. The molecule has 0 atom stereocenters. The van der Waals surface area contributed by atoms with E-state index in [2.05, 4.69) is 0 Å². The van der Waals surface area contributed by atoms with Gasteiger partial charge in [0.05, 0.1) is 19.2 Å². The summed E-state index contributed by atoms with van der Waals surface area (Å²) >= 11 is 6.06. The lowest BCUT2D eigenvalue weighted by atomic mass is 10.2. The van der Waals surface area contributed by atoms with Crippen LogP contribution in [0.5, 0.6) is 23.0 Å². The predicted molar refractivity (Wildman–Crippen MR) is 82.1 cm³/mol. The quantitative estimate of drug-likeness (QED) is 0.655. The fourth-order valence-electron chi connectivity index (χ4n) is 1.75. The molecule has 110 valence electrons. The van der Waals surface area contributed by atoms with E-state index in [1.165, 1.54) is 0 Å². The number of amidine groups is 1. The maximum absolute atomic E-state index is 7.39. The Bertz CT molecular complexity index is 652. The lowest BCUT2D eigenvalue weighted by molar-refractivity contribution is 0.386. The van der Waals surface area contributed by atoms with E-state index in [-0.39, 0.29) is 5.84 Å². The fourth-order valence-corrected chi connectivity index (χ4v) is 2.03. The molecule has 6 heteroatoms. The highest BCUT2D eigenvalue weighted by Gasteiger charge is 2.08. The topological polar surface area (TPSA) is 77.6 Å². The van der Waals surface area contributed by atoms with Gasteiger partial charge in [-0.2, -0.15) is 0 Å². The molecule has 0 bridgehead atoms. The summed E-state index contributed by atoms with van der Waals surface area (Å²) in [7, 11) is 3.13. The van der Waals surface area contributed by atoms with E-state index in [9.17, 15) is 0 Å². The minimum atomic E-state index is -0.0883. The molecule has 2 aromatic rings. The molecule has 0 unspecified atom stereocenters.